The molecule has 0 radical (unpaired) electrons. The van der Waals surface area contributed by atoms with Gasteiger partial charge in [-0.1, -0.05) is 36.4 Å². The number of halogens is 1. The van der Waals surface area contributed by atoms with Gasteiger partial charge in [0.1, 0.15) is 12.4 Å². The van der Waals surface area contributed by atoms with Gasteiger partial charge >= 0.3 is 0 Å². The number of carbonyl (C=O) groups excluding carboxylic acids is 1. The van der Waals surface area contributed by atoms with E-state index in [1.165, 1.54) is 50.0 Å². The molecule has 1 heterocycles. The summed E-state index contributed by atoms with van der Waals surface area (Å²) in [5.41, 5.74) is 2.44. The first-order valence-electron chi connectivity index (χ1n) is 8.66. The molecular formula is C20H24FN2O+. The first-order chi connectivity index (χ1) is 11.7. The van der Waals surface area contributed by atoms with Gasteiger partial charge < -0.3 is 10.2 Å². The zero-order valence-electron chi connectivity index (χ0n) is 13.9. The maximum absolute atomic E-state index is 13.6. The predicted octanol–water partition coefficient (Wildman–Crippen LogP) is 2.32. The summed E-state index contributed by atoms with van der Waals surface area (Å²) in [5.74, 6) is -0.871. The standard InChI is InChI=1S/C20H23FN2O/c21-19-7-3-2-6-18(19)20(24)22-14-16-8-10-17(11-9-16)15-23-12-4-1-5-13-23/h2-3,6-11H,1,4-5,12-15H2,(H,22,24)/p+1. The number of benzene rings is 2. The minimum Gasteiger partial charge on any atom is -0.348 e. The normalized spacial score (nSPS) is 15.2. The van der Waals surface area contributed by atoms with E-state index in [9.17, 15) is 9.18 Å². The minimum absolute atomic E-state index is 0.0859. The molecule has 0 atom stereocenters. The molecule has 2 aromatic carbocycles. The molecule has 0 spiro atoms. The number of carbonyl (C=O) groups is 1. The van der Waals surface area contributed by atoms with Gasteiger partial charge in [0.25, 0.3) is 5.91 Å². The molecule has 3 rings (SSSR count). The Morgan fingerprint density at radius 1 is 0.958 bits per heavy atom. The topological polar surface area (TPSA) is 33.5 Å². The van der Waals surface area contributed by atoms with Crippen molar-refractivity contribution in [3.05, 3.63) is 71.0 Å². The summed E-state index contributed by atoms with van der Waals surface area (Å²) in [5, 5.41) is 2.77. The van der Waals surface area contributed by atoms with Crippen LogP contribution in [0, 0.1) is 5.82 Å². The molecule has 2 aromatic rings. The second kappa shape index (κ2) is 8.06. The zero-order chi connectivity index (χ0) is 16.8. The second-order valence-electron chi connectivity index (χ2n) is 6.47. The van der Waals surface area contributed by atoms with E-state index in [4.69, 9.17) is 0 Å². The van der Waals surface area contributed by atoms with Crippen LogP contribution in [0.3, 0.4) is 0 Å². The third-order valence-electron chi connectivity index (χ3n) is 4.61. The van der Waals surface area contributed by atoms with Crippen molar-refractivity contribution in [1.29, 1.82) is 0 Å². The van der Waals surface area contributed by atoms with E-state index in [2.05, 4.69) is 17.4 Å². The lowest BCUT2D eigenvalue weighted by Crippen LogP contribution is -3.11. The zero-order valence-corrected chi connectivity index (χ0v) is 13.9. The van der Waals surface area contributed by atoms with Crippen LogP contribution in [0.25, 0.3) is 0 Å². The second-order valence-corrected chi connectivity index (χ2v) is 6.47. The van der Waals surface area contributed by atoms with Crippen molar-refractivity contribution in [3.63, 3.8) is 0 Å². The third kappa shape index (κ3) is 4.42. The molecule has 0 unspecified atom stereocenters. The smallest absolute Gasteiger partial charge is 0.254 e. The van der Waals surface area contributed by atoms with Gasteiger partial charge in [-0.05, 0) is 37.0 Å². The summed E-state index contributed by atoms with van der Waals surface area (Å²) in [4.78, 5) is 13.7. The fourth-order valence-corrected chi connectivity index (χ4v) is 3.22. The average molecular weight is 327 g/mol. The van der Waals surface area contributed by atoms with Crippen molar-refractivity contribution in [2.24, 2.45) is 0 Å². The lowest BCUT2D eigenvalue weighted by atomic mass is 10.1. The Morgan fingerprint density at radius 3 is 2.33 bits per heavy atom. The molecule has 1 saturated heterocycles. The van der Waals surface area contributed by atoms with Crippen molar-refractivity contribution in [2.75, 3.05) is 13.1 Å². The molecule has 1 aliphatic rings. The van der Waals surface area contributed by atoms with E-state index in [0.29, 0.717) is 6.54 Å². The van der Waals surface area contributed by atoms with Crippen molar-refractivity contribution in [2.45, 2.75) is 32.4 Å². The van der Waals surface area contributed by atoms with E-state index in [-0.39, 0.29) is 11.5 Å². The van der Waals surface area contributed by atoms with E-state index in [0.717, 1.165) is 12.1 Å². The Bertz CT molecular complexity index is 678. The van der Waals surface area contributed by atoms with Crippen LogP contribution < -0.4 is 10.2 Å². The first kappa shape index (κ1) is 16.7. The van der Waals surface area contributed by atoms with Crippen LogP contribution in [0.2, 0.25) is 0 Å². The highest BCUT2D eigenvalue weighted by atomic mass is 19.1. The SMILES string of the molecule is O=C(NCc1ccc(C[NH+]2CCCCC2)cc1)c1ccccc1F. The number of likely N-dealkylation sites (tertiary alicyclic amines) is 1. The molecule has 126 valence electrons. The van der Waals surface area contributed by atoms with Crippen LogP contribution in [0.1, 0.15) is 40.7 Å². The third-order valence-corrected chi connectivity index (χ3v) is 4.61. The lowest BCUT2D eigenvalue weighted by molar-refractivity contribution is -0.918. The molecule has 3 nitrogen and oxygen atoms in total. The number of amides is 1. The van der Waals surface area contributed by atoms with Gasteiger partial charge in [0.05, 0.1) is 18.7 Å². The Balaban J connectivity index is 1.52. The fraction of sp³-hybridized carbons (Fsp3) is 0.350. The van der Waals surface area contributed by atoms with Gasteiger partial charge in [-0.3, -0.25) is 4.79 Å². The molecular weight excluding hydrogens is 303 g/mol. The maximum Gasteiger partial charge on any atom is 0.254 e. The summed E-state index contributed by atoms with van der Waals surface area (Å²) in [6.07, 6.45) is 4.02. The molecule has 0 bridgehead atoms. The van der Waals surface area contributed by atoms with Crippen molar-refractivity contribution in [3.8, 4) is 0 Å². The number of rotatable bonds is 5. The summed E-state index contributed by atoms with van der Waals surface area (Å²) >= 11 is 0. The molecule has 0 aromatic heterocycles. The number of quaternary nitrogens is 1. The average Bonchev–Trinajstić information content (AvgIpc) is 2.62. The van der Waals surface area contributed by atoms with Crippen LogP contribution >= 0.6 is 0 Å². The van der Waals surface area contributed by atoms with Crippen LogP contribution in [0.15, 0.2) is 48.5 Å². The monoisotopic (exact) mass is 327 g/mol. The number of hydrogen-bond donors (Lipinski definition) is 2. The van der Waals surface area contributed by atoms with Crippen molar-refractivity contribution >= 4 is 5.91 Å². The number of nitrogens with one attached hydrogen (secondary N) is 2. The molecule has 1 fully saturated rings. The van der Waals surface area contributed by atoms with Gasteiger partial charge in [-0.15, -0.1) is 0 Å². The van der Waals surface area contributed by atoms with Crippen LogP contribution in [0.5, 0.6) is 0 Å². The van der Waals surface area contributed by atoms with E-state index < -0.39 is 5.82 Å². The van der Waals surface area contributed by atoms with Crippen LogP contribution in [-0.4, -0.2) is 19.0 Å². The molecule has 1 aliphatic heterocycles. The Morgan fingerprint density at radius 2 is 1.62 bits per heavy atom. The quantitative estimate of drug-likeness (QED) is 0.868. The summed E-state index contributed by atoms with van der Waals surface area (Å²) < 4.78 is 13.6. The fourth-order valence-electron chi connectivity index (χ4n) is 3.22. The Hall–Kier alpha value is -2.20. The highest BCUT2D eigenvalue weighted by molar-refractivity contribution is 5.94. The first-order valence-corrected chi connectivity index (χ1v) is 8.66. The van der Waals surface area contributed by atoms with Gasteiger partial charge in [0.15, 0.2) is 0 Å². The summed E-state index contributed by atoms with van der Waals surface area (Å²) in [7, 11) is 0. The van der Waals surface area contributed by atoms with Gasteiger partial charge in [0, 0.05) is 12.1 Å². The molecule has 1 amide bonds. The molecule has 0 aliphatic carbocycles. The van der Waals surface area contributed by atoms with Gasteiger partial charge in [0.2, 0.25) is 0 Å². The predicted molar refractivity (Wildman–Crippen MR) is 92.3 cm³/mol. The van der Waals surface area contributed by atoms with Crippen molar-refractivity contribution in [1.82, 2.24) is 5.32 Å². The van der Waals surface area contributed by atoms with Crippen LogP contribution in [-0.2, 0) is 13.1 Å². The Labute approximate surface area is 142 Å². The molecule has 4 heteroatoms. The van der Waals surface area contributed by atoms with E-state index in [1.807, 2.05) is 12.1 Å². The molecule has 0 saturated carbocycles. The highest BCUT2D eigenvalue weighted by Gasteiger charge is 2.14. The molecule has 24 heavy (non-hydrogen) atoms. The lowest BCUT2D eigenvalue weighted by Gasteiger charge is -2.23. The number of piperidine rings is 1. The van der Waals surface area contributed by atoms with E-state index >= 15 is 0 Å². The molecule has 2 N–H and O–H groups in total. The largest absolute Gasteiger partial charge is 0.348 e. The van der Waals surface area contributed by atoms with Crippen LogP contribution in [0.4, 0.5) is 4.39 Å². The Kier molecular flexibility index (Phi) is 5.59. The highest BCUT2D eigenvalue weighted by Crippen LogP contribution is 2.08. The summed E-state index contributed by atoms with van der Waals surface area (Å²) in [6.45, 7) is 4.01. The number of hydrogen-bond acceptors (Lipinski definition) is 1. The van der Waals surface area contributed by atoms with E-state index in [1.54, 1.807) is 17.0 Å². The maximum atomic E-state index is 13.6. The summed E-state index contributed by atoms with van der Waals surface area (Å²) in [6, 6.07) is 14.4. The van der Waals surface area contributed by atoms with Gasteiger partial charge in [-0.2, -0.15) is 0 Å². The van der Waals surface area contributed by atoms with Gasteiger partial charge in [-0.25, -0.2) is 4.39 Å². The minimum atomic E-state index is -0.491. The van der Waals surface area contributed by atoms with Crippen molar-refractivity contribution < 1.29 is 14.1 Å².